The Balaban J connectivity index is 2.32. The zero-order valence-corrected chi connectivity index (χ0v) is 12.0. The molecular weight excluding hydrogens is 296 g/mol. The second-order valence-electron chi connectivity index (χ2n) is 3.57. The molecule has 6 heteroatoms. The number of amides is 1. The molecule has 0 radical (unpaired) electrons. The minimum atomic E-state index is -0.197. The van der Waals surface area contributed by atoms with Crippen molar-refractivity contribution in [1.29, 1.82) is 0 Å². The van der Waals surface area contributed by atoms with Crippen LogP contribution in [0.2, 0.25) is 10.0 Å². The zero-order valence-electron chi connectivity index (χ0n) is 9.72. The number of alkyl halides is 1. The first-order chi connectivity index (χ1) is 8.63. The molecule has 0 aliphatic rings. The molecule has 0 bridgehead atoms. The number of carbonyl (C=O) groups is 1. The monoisotopic (exact) mass is 309 g/mol. The van der Waals surface area contributed by atoms with Crippen LogP contribution in [0.15, 0.2) is 18.2 Å². The summed E-state index contributed by atoms with van der Waals surface area (Å²) in [5.74, 6) is 0.282. The van der Waals surface area contributed by atoms with Gasteiger partial charge in [0.2, 0.25) is 0 Å². The highest BCUT2D eigenvalue weighted by molar-refractivity contribution is 6.35. The Labute approximate surface area is 121 Å². The summed E-state index contributed by atoms with van der Waals surface area (Å²) >= 11 is 17.1. The van der Waals surface area contributed by atoms with Crippen LogP contribution in [0.25, 0.3) is 0 Å². The van der Waals surface area contributed by atoms with Crippen LogP contribution in [0.5, 0.6) is 0 Å². The van der Waals surface area contributed by atoms with Crippen molar-refractivity contribution in [3.05, 3.63) is 33.8 Å². The number of halogens is 3. The summed E-state index contributed by atoms with van der Waals surface area (Å²) in [5, 5.41) is 3.65. The van der Waals surface area contributed by atoms with Crippen molar-refractivity contribution in [3.8, 4) is 0 Å². The molecule has 1 N–H and O–H groups in total. The van der Waals surface area contributed by atoms with Gasteiger partial charge in [0, 0.05) is 34.6 Å². The first-order valence-corrected chi connectivity index (χ1v) is 6.80. The highest BCUT2D eigenvalue weighted by Crippen LogP contribution is 2.18. The molecule has 0 aromatic heterocycles. The van der Waals surface area contributed by atoms with Gasteiger partial charge < -0.3 is 10.1 Å². The molecule has 100 valence electrons. The molecule has 3 nitrogen and oxygen atoms in total. The standard InChI is InChI=1S/C12H14Cl3NO2/c13-2-5-18-4-1-3-16-12(17)9-6-10(14)8-11(15)7-9/h6-8H,1-5H2,(H,16,17). The lowest BCUT2D eigenvalue weighted by Crippen LogP contribution is -2.25. The summed E-state index contributed by atoms with van der Waals surface area (Å²) in [6, 6.07) is 4.74. The second kappa shape index (κ2) is 8.59. The molecule has 18 heavy (non-hydrogen) atoms. The van der Waals surface area contributed by atoms with Gasteiger partial charge >= 0.3 is 0 Å². The van der Waals surface area contributed by atoms with Gasteiger partial charge in [-0.1, -0.05) is 23.2 Å². The van der Waals surface area contributed by atoms with Crippen LogP contribution in [0.1, 0.15) is 16.8 Å². The number of rotatable bonds is 7. The van der Waals surface area contributed by atoms with Crippen molar-refractivity contribution in [2.24, 2.45) is 0 Å². The van der Waals surface area contributed by atoms with E-state index in [9.17, 15) is 4.79 Å². The normalized spacial score (nSPS) is 10.4. The first-order valence-electron chi connectivity index (χ1n) is 5.51. The number of benzene rings is 1. The molecule has 1 aromatic rings. The topological polar surface area (TPSA) is 38.3 Å². The summed E-state index contributed by atoms with van der Waals surface area (Å²) in [6.45, 7) is 1.63. The van der Waals surface area contributed by atoms with E-state index in [4.69, 9.17) is 39.5 Å². The van der Waals surface area contributed by atoms with E-state index < -0.39 is 0 Å². The van der Waals surface area contributed by atoms with Gasteiger partial charge in [-0.05, 0) is 24.6 Å². The van der Waals surface area contributed by atoms with Crippen LogP contribution in [-0.4, -0.2) is 31.5 Å². The molecule has 0 fully saturated rings. The number of nitrogens with one attached hydrogen (secondary N) is 1. The van der Waals surface area contributed by atoms with E-state index in [2.05, 4.69) is 5.32 Å². The van der Waals surface area contributed by atoms with Crippen LogP contribution < -0.4 is 5.32 Å². The maximum atomic E-state index is 11.7. The van der Waals surface area contributed by atoms with Crippen molar-refractivity contribution in [2.45, 2.75) is 6.42 Å². The van der Waals surface area contributed by atoms with Crippen LogP contribution in [-0.2, 0) is 4.74 Å². The van der Waals surface area contributed by atoms with E-state index >= 15 is 0 Å². The molecule has 1 aromatic carbocycles. The number of ether oxygens (including phenoxy) is 1. The summed E-state index contributed by atoms with van der Waals surface area (Å²) < 4.78 is 5.18. The van der Waals surface area contributed by atoms with Gasteiger partial charge in [-0.3, -0.25) is 4.79 Å². The number of hydrogen-bond acceptors (Lipinski definition) is 2. The molecule has 1 amide bonds. The fourth-order valence-electron chi connectivity index (χ4n) is 1.32. The van der Waals surface area contributed by atoms with Crippen molar-refractivity contribution >= 4 is 40.7 Å². The van der Waals surface area contributed by atoms with Crippen LogP contribution in [0, 0.1) is 0 Å². The highest BCUT2D eigenvalue weighted by Gasteiger charge is 2.06. The zero-order chi connectivity index (χ0) is 13.4. The fourth-order valence-corrected chi connectivity index (χ4v) is 1.95. The molecule has 0 atom stereocenters. The van der Waals surface area contributed by atoms with Crippen molar-refractivity contribution in [3.63, 3.8) is 0 Å². The van der Waals surface area contributed by atoms with E-state index in [-0.39, 0.29) is 5.91 Å². The van der Waals surface area contributed by atoms with E-state index in [0.29, 0.717) is 41.2 Å². The summed E-state index contributed by atoms with van der Waals surface area (Å²) in [7, 11) is 0. The maximum absolute atomic E-state index is 11.7. The fraction of sp³-hybridized carbons (Fsp3) is 0.417. The van der Waals surface area contributed by atoms with Crippen molar-refractivity contribution in [1.82, 2.24) is 5.32 Å². The molecule has 0 aliphatic heterocycles. The summed E-state index contributed by atoms with van der Waals surface area (Å²) in [4.78, 5) is 11.7. The van der Waals surface area contributed by atoms with Crippen molar-refractivity contribution in [2.75, 3.05) is 25.6 Å². The van der Waals surface area contributed by atoms with Gasteiger partial charge in [0.1, 0.15) is 0 Å². The Bertz CT molecular complexity index is 379. The predicted molar refractivity (Wildman–Crippen MR) is 75.0 cm³/mol. The van der Waals surface area contributed by atoms with Gasteiger partial charge in [0.05, 0.1) is 6.61 Å². The highest BCUT2D eigenvalue weighted by atomic mass is 35.5. The van der Waals surface area contributed by atoms with E-state index in [0.717, 1.165) is 6.42 Å². The molecule has 0 spiro atoms. The first kappa shape index (κ1) is 15.6. The minimum absolute atomic E-state index is 0.197. The number of carbonyl (C=O) groups excluding carboxylic acids is 1. The van der Waals surface area contributed by atoms with Crippen LogP contribution in [0.3, 0.4) is 0 Å². The van der Waals surface area contributed by atoms with Gasteiger partial charge in [-0.25, -0.2) is 0 Å². The molecular formula is C12H14Cl3NO2. The Morgan fingerprint density at radius 2 is 1.83 bits per heavy atom. The number of hydrogen-bond donors (Lipinski definition) is 1. The lowest BCUT2D eigenvalue weighted by atomic mass is 10.2. The third kappa shape index (κ3) is 5.91. The summed E-state index contributed by atoms with van der Waals surface area (Å²) in [6.07, 6.45) is 0.733. The molecule has 0 saturated heterocycles. The molecule has 0 heterocycles. The third-order valence-corrected chi connectivity index (χ3v) is 2.69. The SMILES string of the molecule is O=C(NCCCOCCCl)c1cc(Cl)cc(Cl)c1. The Morgan fingerprint density at radius 3 is 2.44 bits per heavy atom. The Morgan fingerprint density at radius 1 is 1.17 bits per heavy atom. The van der Waals surface area contributed by atoms with Crippen molar-refractivity contribution < 1.29 is 9.53 Å². The van der Waals surface area contributed by atoms with Crippen LogP contribution in [0.4, 0.5) is 0 Å². The van der Waals surface area contributed by atoms with Gasteiger partial charge in [-0.15, -0.1) is 11.6 Å². The third-order valence-electron chi connectivity index (χ3n) is 2.10. The van der Waals surface area contributed by atoms with Gasteiger partial charge in [0.25, 0.3) is 5.91 Å². The largest absolute Gasteiger partial charge is 0.380 e. The predicted octanol–water partition coefficient (Wildman–Crippen LogP) is 3.37. The molecule has 0 saturated carbocycles. The Kier molecular flexibility index (Phi) is 7.44. The average molecular weight is 311 g/mol. The van der Waals surface area contributed by atoms with E-state index in [1.807, 2.05) is 0 Å². The molecule has 0 aliphatic carbocycles. The van der Waals surface area contributed by atoms with E-state index in [1.54, 1.807) is 18.2 Å². The lowest BCUT2D eigenvalue weighted by molar-refractivity contribution is 0.0944. The maximum Gasteiger partial charge on any atom is 0.251 e. The quantitative estimate of drug-likeness (QED) is 0.619. The second-order valence-corrected chi connectivity index (χ2v) is 4.82. The summed E-state index contributed by atoms with van der Waals surface area (Å²) in [5.41, 5.74) is 0.453. The molecule has 1 rings (SSSR count). The minimum Gasteiger partial charge on any atom is -0.380 e. The van der Waals surface area contributed by atoms with Crippen LogP contribution >= 0.6 is 34.8 Å². The van der Waals surface area contributed by atoms with Gasteiger partial charge in [-0.2, -0.15) is 0 Å². The molecule has 0 unspecified atom stereocenters. The lowest BCUT2D eigenvalue weighted by Gasteiger charge is -2.06. The van der Waals surface area contributed by atoms with Gasteiger partial charge in [0.15, 0.2) is 0 Å². The Hall–Kier alpha value is -0.480. The van der Waals surface area contributed by atoms with E-state index in [1.165, 1.54) is 0 Å². The smallest absolute Gasteiger partial charge is 0.251 e. The average Bonchev–Trinajstić information content (AvgIpc) is 2.32.